The van der Waals surface area contributed by atoms with Gasteiger partial charge in [-0.05, 0) is 18.8 Å². The first-order valence-corrected chi connectivity index (χ1v) is 4.37. The Morgan fingerprint density at radius 2 is 2.09 bits per heavy atom. The van der Waals surface area contributed by atoms with E-state index in [0.29, 0.717) is 0 Å². The van der Waals surface area contributed by atoms with Gasteiger partial charge in [-0.1, -0.05) is 19.7 Å². The van der Waals surface area contributed by atoms with Gasteiger partial charge in [0.2, 0.25) is 0 Å². The van der Waals surface area contributed by atoms with Crippen LogP contribution in [0.25, 0.3) is 0 Å². The van der Waals surface area contributed by atoms with Crippen molar-refractivity contribution < 1.29 is 4.79 Å². The molecule has 1 fully saturated rings. The standard InChI is InChI=1S/C7H14N2OS/c1-6-2-4-9(5-3-6)7(10)8-11/h6,11H,2-5H2,1H3,(H,8,10). The highest BCUT2D eigenvalue weighted by molar-refractivity contribution is 7.78. The summed E-state index contributed by atoms with van der Waals surface area (Å²) in [7, 11) is 0. The van der Waals surface area contributed by atoms with Gasteiger partial charge in [0.15, 0.2) is 0 Å². The van der Waals surface area contributed by atoms with E-state index in [1.54, 1.807) is 4.90 Å². The molecule has 0 bridgehead atoms. The van der Waals surface area contributed by atoms with Crippen molar-refractivity contribution in [3.63, 3.8) is 0 Å². The number of nitrogens with one attached hydrogen (secondary N) is 1. The molecular formula is C7H14N2OS. The van der Waals surface area contributed by atoms with Crippen molar-refractivity contribution >= 4 is 18.8 Å². The number of nitrogens with zero attached hydrogens (tertiary/aromatic N) is 1. The van der Waals surface area contributed by atoms with Crippen molar-refractivity contribution in [2.75, 3.05) is 13.1 Å². The highest BCUT2D eigenvalue weighted by Gasteiger charge is 2.18. The zero-order valence-electron chi connectivity index (χ0n) is 6.71. The minimum absolute atomic E-state index is 0.0692. The monoisotopic (exact) mass is 174 g/mol. The van der Waals surface area contributed by atoms with Crippen LogP contribution in [0.2, 0.25) is 0 Å². The summed E-state index contributed by atoms with van der Waals surface area (Å²) in [5, 5.41) is 0. The van der Waals surface area contributed by atoms with Gasteiger partial charge in [0, 0.05) is 13.1 Å². The number of hydrogen-bond acceptors (Lipinski definition) is 2. The van der Waals surface area contributed by atoms with Crippen LogP contribution in [0, 0.1) is 5.92 Å². The number of likely N-dealkylation sites (tertiary alicyclic amines) is 1. The number of rotatable bonds is 0. The summed E-state index contributed by atoms with van der Waals surface area (Å²) in [5.74, 6) is 0.763. The van der Waals surface area contributed by atoms with Gasteiger partial charge < -0.3 is 4.90 Å². The molecule has 1 rings (SSSR count). The third-order valence-corrected chi connectivity index (χ3v) is 2.36. The van der Waals surface area contributed by atoms with E-state index in [1.807, 2.05) is 0 Å². The molecule has 11 heavy (non-hydrogen) atoms. The van der Waals surface area contributed by atoms with Crippen molar-refractivity contribution in [2.45, 2.75) is 19.8 Å². The third kappa shape index (κ3) is 2.29. The van der Waals surface area contributed by atoms with E-state index >= 15 is 0 Å². The van der Waals surface area contributed by atoms with Gasteiger partial charge in [-0.2, -0.15) is 0 Å². The molecule has 1 aliphatic rings. The van der Waals surface area contributed by atoms with E-state index in [-0.39, 0.29) is 6.03 Å². The van der Waals surface area contributed by atoms with E-state index in [1.165, 1.54) is 0 Å². The number of amides is 2. The Hall–Kier alpha value is -0.380. The number of carbonyl (C=O) groups excluding carboxylic acids is 1. The van der Waals surface area contributed by atoms with Gasteiger partial charge in [-0.3, -0.25) is 4.72 Å². The number of hydrogen-bond donors (Lipinski definition) is 2. The fourth-order valence-corrected chi connectivity index (χ4v) is 1.42. The molecule has 2 amide bonds. The van der Waals surface area contributed by atoms with Gasteiger partial charge in [0.25, 0.3) is 0 Å². The first-order chi connectivity index (χ1) is 5.24. The molecule has 0 aromatic heterocycles. The number of urea groups is 1. The van der Waals surface area contributed by atoms with Crippen molar-refractivity contribution in [2.24, 2.45) is 5.92 Å². The minimum atomic E-state index is -0.0692. The van der Waals surface area contributed by atoms with E-state index in [9.17, 15) is 4.79 Å². The highest BCUT2D eigenvalue weighted by Crippen LogP contribution is 2.15. The van der Waals surface area contributed by atoms with Gasteiger partial charge in [0.05, 0.1) is 0 Å². The van der Waals surface area contributed by atoms with Gasteiger partial charge in [-0.25, -0.2) is 4.79 Å². The minimum Gasteiger partial charge on any atom is -0.324 e. The number of carbonyl (C=O) groups is 1. The summed E-state index contributed by atoms with van der Waals surface area (Å²) < 4.78 is 2.33. The molecule has 0 radical (unpaired) electrons. The molecule has 0 atom stereocenters. The first kappa shape index (κ1) is 8.71. The highest BCUT2D eigenvalue weighted by atomic mass is 32.1. The zero-order valence-corrected chi connectivity index (χ0v) is 7.60. The topological polar surface area (TPSA) is 32.3 Å². The SMILES string of the molecule is CC1CCN(C(=O)NS)CC1. The second kappa shape index (κ2) is 3.85. The summed E-state index contributed by atoms with van der Waals surface area (Å²) in [6.07, 6.45) is 2.22. The molecule has 4 heteroatoms. The fraction of sp³-hybridized carbons (Fsp3) is 0.857. The Morgan fingerprint density at radius 1 is 1.55 bits per heavy atom. The smallest absolute Gasteiger partial charge is 0.324 e. The van der Waals surface area contributed by atoms with E-state index < -0.39 is 0 Å². The largest absolute Gasteiger partial charge is 0.327 e. The Morgan fingerprint density at radius 3 is 2.55 bits per heavy atom. The molecule has 1 N–H and O–H groups in total. The lowest BCUT2D eigenvalue weighted by molar-refractivity contribution is 0.180. The second-order valence-corrected chi connectivity index (χ2v) is 3.31. The van der Waals surface area contributed by atoms with E-state index in [4.69, 9.17) is 0 Å². The van der Waals surface area contributed by atoms with Crippen LogP contribution in [0.3, 0.4) is 0 Å². The van der Waals surface area contributed by atoms with Crippen LogP contribution < -0.4 is 4.72 Å². The molecule has 0 aliphatic carbocycles. The summed E-state index contributed by atoms with van der Waals surface area (Å²) in [4.78, 5) is 12.8. The van der Waals surface area contributed by atoms with Crippen molar-refractivity contribution in [1.29, 1.82) is 0 Å². The zero-order chi connectivity index (χ0) is 8.27. The Balaban J connectivity index is 2.33. The van der Waals surface area contributed by atoms with Crippen LogP contribution in [-0.2, 0) is 0 Å². The maximum atomic E-state index is 11.0. The lowest BCUT2D eigenvalue weighted by Gasteiger charge is -2.29. The average molecular weight is 174 g/mol. The Kier molecular flexibility index (Phi) is 3.05. The Bertz CT molecular complexity index is 143. The van der Waals surface area contributed by atoms with Crippen LogP contribution >= 0.6 is 12.8 Å². The normalized spacial score (nSPS) is 20.0. The summed E-state index contributed by atoms with van der Waals surface area (Å²) in [6.45, 7) is 3.96. The van der Waals surface area contributed by atoms with Gasteiger partial charge in [0.1, 0.15) is 0 Å². The van der Waals surface area contributed by atoms with Crippen LogP contribution in [-0.4, -0.2) is 24.0 Å². The predicted molar refractivity (Wildman–Crippen MR) is 47.5 cm³/mol. The molecule has 1 heterocycles. The molecule has 64 valence electrons. The molecule has 0 saturated carbocycles. The molecule has 0 spiro atoms. The fourth-order valence-electron chi connectivity index (χ4n) is 1.28. The van der Waals surface area contributed by atoms with E-state index in [0.717, 1.165) is 31.8 Å². The summed E-state index contributed by atoms with van der Waals surface area (Å²) >= 11 is 3.71. The van der Waals surface area contributed by atoms with Crippen LogP contribution in [0.1, 0.15) is 19.8 Å². The quantitative estimate of drug-likeness (QED) is 0.533. The van der Waals surface area contributed by atoms with E-state index in [2.05, 4.69) is 24.5 Å². The lowest BCUT2D eigenvalue weighted by atomic mass is 10.00. The second-order valence-electron chi connectivity index (χ2n) is 3.09. The number of thiol groups is 1. The number of piperidine rings is 1. The van der Waals surface area contributed by atoms with Crippen molar-refractivity contribution in [3.8, 4) is 0 Å². The lowest BCUT2D eigenvalue weighted by Crippen LogP contribution is -2.41. The first-order valence-electron chi connectivity index (χ1n) is 3.93. The maximum absolute atomic E-state index is 11.0. The van der Waals surface area contributed by atoms with Crippen LogP contribution in [0.4, 0.5) is 4.79 Å². The van der Waals surface area contributed by atoms with Gasteiger partial charge >= 0.3 is 6.03 Å². The van der Waals surface area contributed by atoms with Crippen molar-refractivity contribution in [1.82, 2.24) is 9.62 Å². The van der Waals surface area contributed by atoms with Crippen LogP contribution in [0.5, 0.6) is 0 Å². The summed E-state index contributed by atoms with van der Waals surface area (Å²) in [6, 6.07) is -0.0692. The molecule has 0 aromatic rings. The Labute approximate surface area is 72.7 Å². The molecule has 1 aliphatic heterocycles. The third-order valence-electron chi connectivity index (χ3n) is 2.17. The van der Waals surface area contributed by atoms with Gasteiger partial charge in [-0.15, -0.1) is 0 Å². The summed E-state index contributed by atoms with van der Waals surface area (Å²) in [5.41, 5.74) is 0. The predicted octanol–water partition coefficient (Wildman–Crippen LogP) is 1.27. The van der Waals surface area contributed by atoms with Crippen molar-refractivity contribution in [3.05, 3.63) is 0 Å². The molecular weight excluding hydrogens is 160 g/mol. The molecule has 0 aromatic carbocycles. The average Bonchev–Trinajstić information content (AvgIpc) is 2.05. The molecule has 0 unspecified atom stereocenters. The molecule has 1 saturated heterocycles. The molecule has 3 nitrogen and oxygen atoms in total. The maximum Gasteiger partial charge on any atom is 0.327 e. The van der Waals surface area contributed by atoms with Crippen LogP contribution in [0.15, 0.2) is 0 Å².